The molecule has 1 N–H and O–H groups in total. The van der Waals surface area contributed by atoms with Gasteiger partial charge in [0.2, 0.25) is 5.91 Å². The molecular formula is C34H35N3O2. The minimum atomic E-state index is 0.0704. The largest absolute Gasteiger partial charge is 0.496 e. The summed E-state index contributed by atoms with van der Waals surface area (Å²) >= 11 is 0. The second-order valence-electron chi connectivity index (χ2n) is 9.82. The lowest BCUT2D eigenvalue weighted by molar-refractivity contribution is -0.120. The number of carbonyl (C=O) groups excluding carboxylic acids is 1. The molecule has 1 amide bonds. The maximum absolute atomic E-state index is 12.5. The summed E-state index contributed by atoms with van der Waals surface area (Å²) in [5.41, 5.74) is 6.68. The standard InChI is InChI=1S/C34H35N3O2/c1-39-32-17-10-7-14-29(32)25-37-31-16-9-8-15-30(31)36-33(37)18-6-3-11-23-35-34(38)24-26-19-21-28(22-20-26)27-12-4-2-5-13-27/h2,4-5,7-10,12-17,19-22H,3,6,11,18,23-25H2,1H3,(H,35,38). The number of carbonyl (C=O) groups is 1. The zero-order valence-corrected chi connectivity index (χ0v) is 22.5. The summed E-state index contributed by atoms with van der Waals surface area (Å²) < 4.78 is 7.89. The lowest BCUT2D eigenvalue weighted by Crippen LogP contribution is -2.26. The Balaban J connectivity index is 1.09. The molecule has 5 nitrogen and oxygen atoms in total. The van der Waals surface area contributed by atoms with Crippen molar-refractivity contribution in [3.63, 3.8) is 0 Å². The number of nitrogens with one attached hydrogen (secondary N) is 1. The van der Waals surface area contributed by atoms with Crippen LogP contribution in [0.2, 0.25) is 0 Å². The van der Waals surface area contributed by atoms with E-state index in [1.807, 2.05) is 54.6 Å². The Bertz CT molecular complexity index is 1510. The fourth-order valence-corrected chi connectivity index (χ4v) is 5.00. The molecule has 5 aromatic rings. The van der Waals surface area contributed by atoms with Crippen molar-refractivity contribution in [1.82, 2.24) is 14.9 Å². The van der Waals surface area contributed by atoms with E-state index in [2.05, 4.69) is 58.4 Å². The quantitative estimate of drug-likeness (QED) is 0.185. The SMILES string of the molecule is COc1ccccc1Cn1c(CCCCCNC(=O)Cc2ccc(-c3ccccc3)cc2)nc2ccccc21. The normalized spacial score (nSPS) is 11.0. The van der Waals surface area contributed by atoms with E-state index < -0.39 is 0 Å². The van der Waals surface area contributed by atoms with E-state index in [1.54, 1.807) is 7.11 Å². The molecule has 0 bridgehead atoms. The third kappa shape index (κ3) is 6.74. The highest BCUT2D eigenvalue weighted by molar-refractivity contribution is 5.79. The molecule has 1 aromatic heterocycles. The number of unbranched alkanes of at least 4 members (excludes halogenated alkanes) is 2. The van der Waals surface area contributed by atoms with Crippen LogP contribution in [0.4, 0.5) is 0 Å². The highest BCUT2D eigenvalue weighted by Gasteiger charge is 2.13. The van der Waals surface area contributed by atoms with E-state index in [4.69, 9.17) is 9.72 Å². The predicted octanol–water partition coefficient (Wildman–Crippen LogP) is 6.83. The molecule has 0 atom stereocenters. The van der Waals surface area contributed by atoms with Crippen molar-refractivity contribution >= 4 is 16.9 Å². The van der Waals surface area contributed by atoms with Gasteiger partial charge in [-0.05, 0) is 47.7 Å². The van der Waals surface area contributed by atoms with Crippen molar-refractivity contribution in [3.05, 3.63) is 120 Å². The van der Waals surface area contributed by atoms with Crippen LogP contribution in [0, 0.1) is 0 Å². The number of nitrogens with zero attached hydrogens (tertiary/aromatic N) is 2. The fraction of sp³-hybridized carbons (Fsp3) is 0.235. The molecular weight excluding hydrogens is 482 g/mol. The third-order valence-corrected chi connectivity index (χ3v) is 7.08. The van der Waals surface area contributed by atoms with Crippen LogP contribution in [0.25, 0.3) is 22.2 Å². The summed E-state index contributed by atoms with van der Waals surface area (Å²) in [4.78, 5) is 17.4. The van der Waals surface area contributed by atoms with Crippen molar-refractivity contribution in [2.45, 2.75) is 38.6 Å². The van der Waals surface area contributed by atoms with Gasteiger partial charge in [0, 0.05) is 18.5 Å². The van der Waals surface area contributed by atoms with Gasteiger partial charge in [-0.25, -0.2) is 4.98 Å². The van der Waals surface area contributed by atoms with Gasteiger partial charge < -0.3 is 14.6 Å². The number of para-hydroxylation sites is 3. The van der Waals surface area contributed by atoms with E-state index >= 15 is 0 Å². The second kappa shape index (κ2) is 12.9. The molecule has 0 unspecified atom stereocenters. The van der Waals surface area contributed by atoms with Crippen molar-refractivity contribution < 1.29 is 9.53 Å². The summed E-state index contributed by atoms with van der Waals surface area (Å²) in [5, 5.41) is 3.08. The monoisotopic (exact) mass is 517 g/mol. The van der Waals surface area contributed by atoms with Crippen LogP contribution in [0.15, 0.2) is 103 Å². The Labute approximate surface area is 230 Å². The minimum Gasteiger partial charge on any atom is -0.496 e. The maximum Gasteiger partial charge on any atom is 0.224 e. The molecule has 4 aromatic carbocycles. The van der Waals surface area contributed by atoms with Gasteiger partial charge in [0.15, 0.2) is 0 Å². The van der Waals surface area contributed by atoms with Crippen LogP contribution < -0.4 is 10.1 Å². The van der Waals surface area contributed by atoms with Crippen LogP contribution in [0.1, 0.15) is 36.2 Å². The van der Waals surface area contributed by atoms with Gasteiger partial charge in [-0.1, -0.05) is 91.3 Å². The number of rotatable bonds is 12. The van der Waals surface area contributed by atoms with E-state index in [9.17, 15) is 4.79 Å². The van der Waals surface area contributed by atoms with Crippen LogP contribution in [0.5, 0.6) is 5.75 Å². The molecule has 0 saturated heterocycles. The Kier molecular flexibility index (Phi) is 8.69. The summed E-state index contributed by atoms with van der Waals surface area (Å²) in [6.45, 7) is 1.42. The van der Waals surface area contributed by atoms with E-state index in [-0.39, 0.29) is 5.91 Å². The van der Waals surface area contributed by atoms with Crippen molar-refractivity contribution in [2.24, 2.45) is 0 Å². The number of imidazole rings is 1. The first-order valence-electron chi connectivity index (χ1n) is 13.7. The molecule has 0 saturated carbocycles. The zero-order valence-electron chi connectivity index (χ0n) is 22.5. The first kappa shape index (κ1) is 26.2. The Morgan fingerprint density at radius 2 is 1.51 bits per heavy atom. The Morgan fingerprint density at radius 1 is 0.795 bits per heavy atom. The van der Waals surface area contributed by atoms with Gasteiger partial charge in [0.1, 0.15) is 11.6 Å². The summed E-state index contributed by atoms with van der Waals surface area (Å²) in [7, 11) is 1.71. The number of amides is 1. The van der Waals surface area contributed by atoms with E-state index in [0.717, 1.165) is 71.5 Å². The maximum atomic E-state index is 12.5. The average Bonchev–Trinajstić information content (AvgIpc) is 3.33. The molecule has 0 aliphatic heterocycles. The Morgan fingerprint density at radius 3 is 2.33 bits per heavy atom. The van der Waals surface area contributed by atoms with Crippen LogP contribution in [-0.2, 0) is 24.2 Å². The van der Waals surface area contributed by atoms with Crippen molar-refractivity contribution in [3.8, 4) is 16.9 Å². The van der Waals surface area contributed by atoms with Gasteiger partial charge in [0.25, 0.3) is 0 Å². The molecule has 5 heteroatoms. The number of methoxy groups -OCH3 is 1. The summed E-state index contributed by atoms with van der Waals surface area (Å²) in [6, 6.07) is 35.0. The number of aryl methyl sites for hydroxylation is 1. The van der Waals surface area contributed by atoms with Gasteiger partial charge >= 0.3 is 0 Å². The first-order chi connectivity index (χ1) is 19.2. The lowest BCUT2D eigenvalue weighted by atomic mass is 10.0. The van der Waals surface area contributed by atoms with Crippen LogP contribution in [-0.4, -0.2) is 29.1 Å². The minimum absolute atomic E-state index is 0.0704. The molecule has 0 radical (unpaired) electrons. The molecule has 0 spiro atoms. The number of aromatic nitrogens is 2. The van der Waals surface area contributed by atoms with Crippen LogP contribution in [0.3, 0.4) is 0 Å². The lowest BCUT2D eigenvalue weighted by Gasteiger charge is -2.12. The number of ether oxygens (including phenoxy) is 1. The summed E-state index contributed by atoms with van der Waals surface area (Å²) in [5.74, 6) is 2.05. The van der Waals surface area contributed by atoms with Gasteiger partial charge in [-0.2, -0.15) is 0 Å². The third-order valence-electron chi connectivity index (χ3n) is 7.08. The van der Waals surface area contributed by atoms with E-state index in [1.165, 1.54) is 5.56 Å². The average molecular weight is 518 g/mol. The predicted molar refractivity (Wildman–Crippen MR) is 158 cm³/mol. The van der Waals surface area contributed by atoms with Gasteiger partial charge in [-0.3, -0.25) is 4.79 Å². The fourth-order valence-electron chi connectivity index (χ4n) is 5.00. The van der Waals surface area contributed by atoms with Crippen molar-refractivity contribution in [2.75, 3.05) is 13.7 Å². The topological polar surface area (TPSA) is 56.1 Å². The Hall–Kier alpha value is -4.38. The highest BCUT2D eigenvalue weighted by atomic mass is 16.5. The molecule has 198 valence electrons. The molecule has 39 heavy (non-hydrogen) atoms. The van der Waals surface area contributed by atoms with E-state index in [0.29, 0.717) is 13.0 Å². The molecule has 0 fully saturated rings. The molecule has 0 aliphatic carbocycles. The molecule has 1 heterocycles. The second-order valence-corrected chi connectivity index (χ2v) is 9.82. The number of hydrogen-bond donors (Lipinski definition) is 1. The van der Waals surface area contributed by atoms with Gasteiger partial charge in [-0.15, -0.1) is 0 Å². The number of hydrogen-bond acceptors (Lipinski definition) is 3. The number of benzene rings is 4. The number of fused-ring (bicyclic) bond motifs is 1. The zero-order chi connectivity index (χ0) is 26.9. The van der Waals surface area contributed by atoms with Crippen molar-refractivity contribution in [1.29, 1.82) is 0 Å². The molecule has 5 rings (SSSR count). The van der Waals surface area contributed by atoms with Gasteiger partial charge in [0.05, 0.1) is 31.1 Å². The smallest absolute Gasteiger partial charge is 0.224 e. The summed E-state index contributed by atoms with van der Waals surface area (Å²) in [6.07, 6.45) is 4.30. The van der Waals surface area contributed by atoms with Crippen LogP contribution >= 0.6 is 0 Å². The first-order valence-corrected chi connectivity index (χ1v) is 13.7. The highest BCUT2D eigenvalue weighted by Crippen LogP contribution is 2.24. The molecule has 0 aliphatic rings.